The fourth-order valence-corrected chi connectivity index (χ4v) is 2.50. The molecule has 25 heavy (non-hydrogen) atoms. The Labute approximate surface area is 147 Å². The first-order chi connectivity index (χ1) is 12.1. The minimum absolute atomic E-state index is 0.222. The normalized spacial score (nSPS) is 11.5. The third-order valence-electron chi connectivity index (χ3n) is 3.80. The Morgan fingerprint density at radius 2 is 1.84 bits per heavy atom. The average Bonchev–Trinajstić information content (AvgIpc) is 2.66. The smallest absolute Gasteiger partial charge is 0.310 e. The molecule has 6 heteroatoms. The minimum Gasteiger partial charge on any atom is -0.496 e. The molecular weight excluding hydrogens is 320 g/mol. The van der Waals surface area contributed by atoms with Crippen LogP contribution in [0.5, 0.6) is 5.75 Å². The van der Waals surface area contributed by atoms with Crippen LogP contribution < -0.4 is 4.74 Å². The molecule has 6 nitrogen and oxygen atoms in total. The van der Waals surface area contributed by atoms with E-state index in [1.165, 1.54) is 14.2 Å². The summed E-state index contributed by atoms with van der Waals surface area (Å²) in [5, 5.41) is 0. The molecule has 0 aliphatic heterocycles. The SMILES string of the molecule is COC(=O)C(C)CN(Cc1ccccn1)C(=O)c1ccccc1OC. The molecule has 0 radical (unpaired) electrons. The van der Waals surface area contributed by atoms with E-state index in [-0.39, 0.29) is 18.4 Å². The van der Waals surface area contributed by atoms with Crippen LogP contribution in [0.4, 0.5) is 0 Å². The number of pyridine rings is 1. The Bertz CT molecular complexity index is 718. The van der Waals surface area contributed by atoms with Crippen molar-refractivity contribution in [3.8, 4) is 5.75 Å². The maximum Gasteiger partial charge on any atom is 0.310 e. The van der Waals surface area contributed by atoms with Gasteiger partial charge in [-0.25, -0.2) is 0 Å². The highest BCUT2D eigenvalue weighted by Gasteiger charge is 2.24. The van der Waals surface area contributed by atoms with Crippen LogP contribution in [0.25, 0.3) is 0 Å². The highest BCUT2D eigenvalue weighted by atomic mass is 16.5. The van der Waals surface area contributed by atoms with Crippen molar-refractivity contribution in [2.24, 2.45) is 5.92 Å². The predicted octanol–water partition coefficient (Wildman–Crippen LogP) is 2.54. The number of hydrogen-bond acceptors (Lipinski definition) is 5. The van der Waals surface area contributed by atoms with Crippen LogP contribution >= 0.6 is 0 Å². The zero-order valence-corrected chi connectivity index (χ0v) is 14.6. The molecule has 2 rings (SSSR count). The zero-order chi connectivity index (χ0) is 18.2. The lowest BCUT2D eigenvalue weighted by atomic mass is 10.1. The van der Waals surface area contributed by atoms with E-state index in [2.05, 4.69) is 4.98 Å². The lowest BCUT2D eigenvalue weighted by Gasteiger charge is -2.25. The largest absolute Gasteiger partial charge is 0.496 e. The van der Waals surface area contributed by atoms with E-state index in [9.17, 15) is 9.59 Å². The molecule has 0 N–H and O–H groups in total. The third kappa shape index (κ3) is 4.79. The van der Waals surface area contributed by atoms with Crippen molar-refractivity contribution >= 4 is 11.9 Å². The lowest BCUT2D eigenvalue weighted by molar-refractivity contribution is -0.145. The van der Waals surface area contributed by atoms with Crippen molar-refractivity contribution in [3.63, 3.8) is 0 Å². The quantitative estimate of drug-likeness (QED) is 0.723. The summed E-state index contributed by atoms with van der Waals surface area (Å²) in [4.78, 5) is 30.7. The van der Waals surface area contributed by atoms with E-state index in [4.69, 9.17) is 9.47 Å². The van der Waals surface area contributed by atoms with Gasteiger partial charge in [0.2, 0.25) is 0 Å². The topological polar surface area (TPSA) is 68.7 Å². The van der Waals surface area contributed by atoms with Gasteiger partial charge in [0.15, 0.2) is 0 Å². The van der Waals surface area contributed by atoms with Gasteiger partial charge >= 0.3 is 5.97 Å². The van der Waals surface area contributed by atoms with Gasteiger partial charge < -0.3 is 14.4 Å². The van der Waals surface area contributed by atoms with Gasteiger partial charge in [0.05, 0.1) is 37.9 Å². The van der Waals surface area contributed by atoms with Crippen molar-refractivity contribution < 1.29 is 19.1 Å². The molecule has 1 atom stereocenters. The average molecular weight is 342 g/mol. The lowest BCUT2D eigenvalue weighted by Crippen LogP contribution is -2.37. The van der Waals surface area contributed by atoms with Gasteiger partial charge in [-0.15, -0.1) is 0 Å². The highest BCUT2D eigenvalue weighted by molar-refractivity contribution is 5.97. The van der Waals surface area contributed by atoms with Crippen molar-refractivity contribution in [2.75, 3.05) is 20.8 Å². The molecule has 0 bridgehead atoms. The van der Waals surface area contributed by atoms with Crippen LogP contribution in [0.2, 0.25) is 0 Å². The number of para-hydroxylation sites is 1. The number of amides is 1. The van der Waals surface area contributed by atoms with E-state index in [1.807, 2.05) is 18.2 Å². The summed E-state index contributed by atoms with van der Waals surface area (Å²) in [6, 6.07) is 12.5. The van der Waals surface area contributed by atoms with Crippen molar-refractivity contribution in [1.29, 1.82) is 0 Å². The number of aromatic nitrogens is 1. The van der Waals surface area contributed by atoms with E-state index in [0.717, 1.165) is 5.69 Å². The van der Waals surface area contributed by atoms with Crippen molar-refractivity contribution in [1.82, 2.24) is 9.88 Å². The van der Waals surface area contributed by atoms with Gasteiger partial charge in [-0.2, -0.15) is 0 Å². The van der Waals surface area contributed by atoms with Gasteiger partial charge in [0.1, 0.15) is 5.75 Å². The van der Waals surface area contributed by atoms with E-state index >= 15 is 0 Å². The van der Waals surface area contributed by atoms with Crippen molar-refractivity contribution in [2.45, 2.75) is 13.5 Å². The maximum absolute atomic E-state index is 13.0. The number of nitrogens with zero attached hydrogens (tertiary/aromatic N) is 2. The summed E-state index contributed by atoms with van der Waals surface area (Å²) >= 11 is 0. The van der Waals surface area contributed by atoms with Gasteiger partial charge in [-0.05, 0) is 24.3 Å². The number of benzene rings is 1. The van der Waals surface area contributed by atoms with Crippen LogP contribution in [0.1, 0.15) is 23.0 Å². The second-order valence-corrected chi connectivity index (χ2v) is 5.63. The van der Waals surface area contributed by atoms with Gasteiger partial charge in [-0.3, -0.25) is 14.6 Å². The third-order valence-corrected chi connectivity index (χ3v) is 3.80. The first-order valence-electron chi connectivity index (χ1n) is 7.96. The zero-order valence-electron chi connectivity index (χ0n) is 14.6. The molecule has 1 amide bonds. The standard InChI is InChI=1S/C19H22N2O4/c1-14(19(23)25-3)12-21(13-15-8-6-7-11-20-15)18(22)16-9-4-5-10-17(16)24-2/h4-11,14H,12-13H2,1-3H3. The van der Waals surface area contributed by atoms with Crippen LogP contribution in [0, 0.1) is 5.92 Å². The Balaban J connectivity index is 2.29. The summed E-state index contributed by atoms with van der Waals surface area (Å²) in [5.41, 5.74) is 1.18. The monoisotopic (exact) mass is 342 g/mol. The first kappa shape index (κ1) is 18.4. The summed E-state index contributed by atoms with van der Waals surface area (Å²) in [6.07, 6.45) is 1.67. The molecule has 0 aliphatic carbocycles. The van der Waals surface area contributed by atoms with Crippen LogP contribution in [0.3, 0.4) is 0 Å². The number of carbonyl (C=O) groups excluding carboxylic acids is 2. The maximum atomic E-state index is 13.0. The molecule has 1 heterocycles. The summed E-state index contributed by atoms with van der Waals surface area (Å²) in [6.45, 7) is 2.24. The molecule has 2 aromatic rings. The van der Waals surface area contributed by atoms with Crippen LogP contribution in [0.15, 0.2) is 48.7 Å². The fourth-order valence-electron chi connectivity index (χ4n) is 2.50. The summed E-state index contributed by atoms with van der Waals surface area (Å²) in [7, 11) is 2.86. The second-order valence-electron chi connectivity index (χ2n) is 5.63. The Morgan fingerprint density at radius 1 is 1.12 bits per heavy atom. The van der Waals surface area contributed by atoms with Gasteiger partial charge in [0, 0.05) is 12.7 Å². The number of carbonyl (C=O) groups is 2. The molecule has 1 aromatic carbocycles. The molecule has 1 unspecified atom stereocenters. The second kappa shape index (κ2) is 8.82. The van der Waals surface area contributed by atoms with Gasteiger partial charge in [-0.1, -0.05) is 25.1 Å². The number of hydrogen-bond donors (Lipinski definition) is 0. The number of esters is 1. The molecular formula is C19H22N2O4. The van der Waals surface area contributed by atoms with E-state index in [0.29, 0.717) is 17.9 Å². The van der Waals surface area contributed by atoms with E-state index in [1.54, 1.807) is 42.3 Å². The Morgan fingerprint density at radius 3 is 2.48 bits per heavy atom. The first-order valence-corrected chi connectivity index (χ1v) is 7.96. The number of rotatable bonds is 7. The molecule has 0 aliphatic rings. The molecule has 1 aromatic heterocycles. The fraction of sp³-hybridized carbons (Fsp3) is 0.316. The van der Waals surface area contributed by atoms with Gasteiger partial charge in [0.25, 0.3) is 5.91 Å². The predicted molar refractivity (Wildman–Crippen MR) is 93.2 cm³/mol. The molecule has 132 valence electrons. The molecule has 0 spiro atoms. The minimum atomic E-state index is -0.452. The Hall–Kier alpha value is -2.89. The summed E-state index contributed by atoms with van der Waals surface area (Å²) < 4.78 is 10.1. The molecule has 0 fully saturated rings. The van der Waals surface area contributed by atoms with Crippen LogP contribution in [-0.4, -0.2) is 42.5 Å². The van der Waals surface area contributed by atoms with Crippen molar-refractivity contribution in [3.05, 3.63) is 59.9 Å². The molecule has 0 saturated carbocycles. The molecule has 0 saturated heterocycles. The summed E-state index contributed by atoms with van der Waals surface area (Å²) in [5.74, 6) is -0.547. The number of ether oxygens (including phenoxy) is 2. The van der Waals surface area contributed by atoms with Crippen LogP contribution in [-0.2, 0) is 16.1 Å². The number of methoxy groups -OCH3 is 2. The highest BCUT2D eigenvalue weighted by Crippen LogP contribution is 2.21. The van der Waals surface area contributed by atoms with E-state index < -0.39 is 5.92 Å². The Kier molecular flexibility index (Phi) is 6.51.